The van der Waals surface area contributed by atoms with Crippen LogP contribution in [0, 0.1) is 17.0 Å². The summed E-state index contributed by atoms with van der Waals surface area (Å²) in [6, 6.07) is 10.0. The first-order chi connectivity index (χ1) is 12.8. The molecule has 1 aliphatic heterocycles. The maximum Gasteiger partial charge on any atom is 0.289 e. The molecule has 0 bridgehead atoms. The van der Waals surface area contributed by atoms with Crippen LogP contribution in [0.15, 0.2) is 47.4 Å². The predicted molar refractivity (Wildman–Crippen MR) is 101 cm³/mol. The summed E-state index contributed by atoms with van der Waals surface area (Å²) in [5.74, 6) is 0.0533. The van der Waals surface area contributed by atoms with E-state index in [0.717, 1.165) is 30.2 Å². The van der Waals surface area contributed by atoms with E-state index in [0.29, 0.717) is 13.0 Å². The molecule has 9 heteroatoms. The van der Waals surface area contributed by atoms with Crippen LogP contribution in [0.5, 0.6) is 0 Å². The summed E-state index contributed by atoms with van der Waals surface area (Å²) < 4.78 is 27.6. The molecule has 2 aromatic carbocycles. The Hall–Kier alpha value is -2.94. The lowest BCUT2D eigenvalue weighted by atomic mass is 10.1. The van der Waals surface area contributed by atoms with E-state index in [9.17, 15) is 23.3 Å². The van der Waals surface area contributed by atoms with Gasteiger partial charge in [-0.15, -0.1) is 0 Å². The number of aryl methyl sites for hydroxylation is 1. The Kier molecular flexibility index (Phi) is 5.13. The SMILES string of the molecule is Cc1cc(NS(=O)(=O)c2ccccc2[N+](=O)[O-])ccc1N1CCCCC1=O. The Balaban J connectivity index is 1.89. The van der Waals surface area contributed by atoms with Crippen LogP contribution < -0.4 is 9.62 Å². The molecule has 1 aliphatic rings. The fourth-order valence-corrected chi connectivity index (χ4v) is 4.35. The van der Waals surface area contributed by atoms with E-state index in [4.69, 9.17) is 0 Å². The summed E-state index contributed by atoms with van der Waals surface area (Å²) in [5.41, 5.74) is 1.28. The highest BCUT2D eigenvalue weighted by molar-refractivity contribution is 7.92. The van der Waals surface area contributed by atoms with Crippen molar-refractivity contribution >= 4 is 33.0 Å². The summed E-state index contributed by atoms with van der Waals surface area (Å²) in [6.07, 6.45) is 2.31. The van der Waals surface area contributed by atoms with E-state index in [-0.39, 0.29) is 11.6 Å². The van der Waals surface area contributed by atoms with Crippen molar-refractivity contribution in [1.82, 2.24) is 0 Å². The van der Waals surface area contributed by atoms with Gasteiger partial charge in [-0.05, 0) is 49.6 Å². The summed E-state index contributed by atoms with van der Waals surface area (Å²) >= 11 is 0. The second-order valence-corrected chi connectivity index (χ2v) is 7.98. The topological polar surface area (TPSA) is 110 Å². The van der Waals surface area contributed by atoms with Gasteiger partial charge in [0, 0.05) is 30.4 Å². The Morgan fingerprint density at radius 1 is 1.15 bits per heavy atom. The minimum atomic E-state index is -4.13. The first-order valence-electron chi connectivity index (χ1n) is 8.47. The molecule has 0 aliphatic carbocycles. The monoisotopic (exact) mass is 389 g/mol. The Bertz CT molecular complexity index is 1000. The average molecular weight is 389 g/mol. The summed E-state index contributed by atoms with van der Waals surface area (Å²) in [6.45, 7) is 2.43. The molecule has 0 radical (unpaired) electrons. The quantitative estimate of drug-likeness (QED) is 0.624. The van der Waals surface area contributed by atoms with Gasteiger partial charge in [0.2, 0.25) is 5.91 Å². The number of benzene rings is 2. The van der Waals surface area contributed by atoms with E-state index >= 15 is 0 Å². The number of carbonyl (C=O) groups excluding carboxylic acids is 1. The molecule has 27 heavy (non-hydrogen) atoms. The van der Waals surface area contributed by atoms with Crippen LogP contribution >= 0.6 is 0 Å². The van der Waals surface area contributed by atoms with Crippen molar-refractivity contribution in [3.05, 3.63) is 58.1 Å². The fourth-order valence-electron chi connectivity index (χ4n) is 3.13. The molecule has 1 saturated heterocycles. The van der Waals surface area contributed by atoms with Crippen LogP contribution in [0.3, 0.4) is 0 Å². The van der Waals surface area contributed by atoms with E-state index in [1.165, 1.54) is 18.2 Å². The summed E-state index contributed by atoms with van der Waals surface area (Å²) in [4.78, 5) is 23.8. The van der Waals surface area contributed by atoms with Crippen LogP contribution in [0.4, 0.5) is 17.1 Å². The standard InChI is InChI=1S/C18H19N3O5S/c1-13-12-14(9-10-15(13)20-11-5-4-8-18(20)22)19-27(25,26)17-7-3-2-6-16(17)21(23)24/h2-3,6-7,9-10,12,19H,4-5,8,11H2,1H3. The number of nitrogens with zero attached hydrogens (tertiary/aromatic N) is 2. The smallest absolute Gasteiger partial charge is 0.289 e. The van der Waals surface area contributed by atoms with E-state index in [1.54, 1.807) is 30.0 Å². The third-order valence-electron chi connectivity index (χ3n) is 4.41. The molecule has 0 unspecified atom stereocenters. The Morgan fingerprint density at radius 3 is 2.56 bits per heavy atom. The Morgan fingerprint density at radius 2 is 1.89 bits per heavy atom. The molecular weight excluding hydrogens is 370 g/mol. The van der Waals surface area contributed by atoms with Gasteiger partial charge in [0.05, 0.1) is 4.92 Å². The van der Waals surface area contributed by atoms with Crippen molar-refractivity contribution < 1.29 is 18.1 Å². The number of hydrogen-bond acceptors (Lipinski definition) is 5. The zero-order valence-electron chi connectivity index (χ0n) is 14.7. The normalized spacial score (nSPS) is 14.9. The molecule has 1 heterocycles. The molecule has 3 rings (SSSR count). The lowest BCUT2D eigenvalue weighted by Gasteiger charge is -2.28. The first-order valence-corrected chi connectivity index (χ1v) is 9.95. The van der Waals surface area contributed by atoms with Crippen LogP contribution in [-0.4, -0.2) is 25.8 Å². The van der Waals surface area contributed by atoms with Gasteiger partial charge < -0.3 is 4.90 Å². The van der Waals surface area contributed by atoms with Crippen LogP contribution in [-0.2, 0) is 14.8 Å². The van der Waals surface area contributed by atoms with Gasteiger partial charge in [0.1, 0.15) is 0 Å². The molecule has 0 atom stereocenters. The summed E-state index contributed by atoms with van der Waals surface area (Å²) in [7, 11) is -4.13. The highest BCUT2D eigenvalue weighted by atomic mass is 32.2. The minimum absolute atomic E-state index is 0.0533. The molecule has 2 aromatic rings. The van der Waals surface area contributed by atoms with Crippen molar-refractivity contribution in [2.45, 2.75) is 31.1 Å². The van der Waals surface area contributed by atoms with Crippen molar-refractivity contribution in [1.29, 1.82) is 0 Å². The molecule has 1 N–H and O–H groups in total. The van der Waals surface area contributed by atoms with Crippen molar-refractivity contribution in [3.8, 4) is 0 Å². The predicted octanol–water partition coefficient (Wildman–Crippen LogP) is 3.22. The van der Waals surface area contributed by atoms with Gasteiger partial charge in [-0.3, -0.25) is 19.6 Å². The van der Waals surface area contributed by atoms with Gasteiger partial charge in [0.15, 0.2) is 4.90 Å². The molecule has 0 aromatic heterocycles. The largest absolute Gasteiger partial charge is 0.312 e. The number of para-hydroxylation sites is 1. The summed E-state index contributed by atoms with van der Waals surface area (Å²) in [5, 5.41) is 11.1. The maximum atomic E-state index is 12.6. The highest BCUT2D eigenvalue weighted by Gasteiger charge is 2.26. The minimum Gasteiger partial charge on any atom is -0.312 e. The van der Waals surface area contributed by atoms with Crippen LogP contribution in [0.25, 0.3) is 0 Å². The lowest BCUT2D eigenvalue weighted by Crippen LogP contribution is -2.35. The second-order valence-electron chi connectivity index (χ2n) is 6.33. The highest BCUT2D eigenvalue weighted by Crippen LogP contribution is 2.29. The first kappa shape index (κ1) is 18.8. The third-order valence-corrected chi connectivity index (χ3v) is 5.84. The third kappa shape index (κ3) is 3.92. The Labute approximate surface area is 157 Å². The number of sulfonamides is 1. The second kappa shape index (κ2) is 7.36. The van der Waals surface area contributed by atoms with E-state index in [2.05, 4.69) is 4.72 Å². The number of nitrogens with one attached hydrogen (secondary N) is 1. The van der Waals surface area contributed by atoms with Crippen molar-refractivity contribution in [2.24, 2.45) is 0 Å². The molecular formula is C18H19N3O5S. The molecule has 8 nitrogen and oxygen atoms in total. The van der Waals surface area contributed by atoms with Gasteiger partial charge in [0.25, 0.3) is 15.7 Å². The number of anilines is 2. The van der Waals surface area contributed by atoms with Gasteiger partial charge in [-0.25, -0.2) is 8.42 Å². The van der Waals surface area contributed by atoms with Gasteiger partial charge in [-0.2, -0.15) is 0 Å². The van der Waals surface area contributed by atoms with E-state index in [1.807, 2.05) is 0 Å². The number of nitro benzene ring substituents is 1. The van der Waals surface area contributed by atoms with Crippen molar-refractivity contribution in [3.63, 3.8) is 0 Å². The van der Waals surface area contributed by atoms with E-state index < -0.39 is 25.5 Å². The lowest BCUT2D eigenvalue weighted by molar-refractivity contribution is -0.387. The molecule has 0 spiro atoms. The van der Waals surface area contributed by atoms with Crippen LogP contribution in [0.1, 0.15) is 24.8 Å². The molecule has 0 saturated carbocycles. The number of hydrogen-bond donors (Lipinski definition) is 1. The van der Waals surface area contributed by atoms with Crippen molar-refractivity contribution in [2.75, 3.05) is 16.2 Å². The number of piperidine rings is 1. The fraction of sp³-hybridized carbons (Fsp3) is 0.278. The van der Waals surface area contributed by atoms with Gasteiger partial charge >= 0.3 is 0 Å². The number of amides is 1. The molecule has 1 amide bonds. The zero-order chi connectivity index (χ0) is 19.6. The van der Waals surface area contributed by atoms with Crippen LogP contribution in [0.2, 0.25) is 0 Å². The molecule has 1 fully saturated rings. The molecule has 142 valence electrons. The number of nitro groups is 1. The average Bonchev–Trinajstić information content (AvgIpc) is 2.62. The number of carbonyl (C=O) groups is 1. The zero-order valence-corrected chi connectivity index (χ0v) is 15.5. The number of rotatable bonds is 5. The maximum absolute atomic E-state index is 12.6. The van der Waals surface area contributed by atoms with Gasteiger partial charge in [-0.1, -0.05) is 12.1 Å².